The van der Waals surface area contributed by atoms with Crippen molar-refractivity contribution in [3.05, 3.63) is 77.0 Å². The van der Waals surface area contributed by atoms with Gasteiger partial charge in [0.05, 0.1) is 29.0 Å². The molecule has 3 fully saturated rings. The van der Waals surface area contributed by atoms with Crippen LogP contribution in [0.25, 0.3) is 16.9 Å². The summed E-state index contributed by atoms with van der Waals surface area (Å²) in [5, 5.41) is 18.0. The summed E-state index contributed by atoms with van der Waals surface area (Å²) in [5.41, 5.74) is 4.60. The summed E-state index contributed by atoms with van der Waals surface area (Å²) in [4.78, 5) is 34.5. The summed E-state index contributed by atoms with van der Waals surface area (Å²) in [6.45, 7) is 5.19. The number of nitrogens with two attached hydrogens (primary N) is 1. The third kappa shape index (κ3) is 7.13. The Kier molecular flexibility index (Phi) is 9.45. The lowest BCUT2D eigenvalue weighted by Gasteiger charge is -2.35. The molecule has 0 bridgehead atoms. The van der Waals surface area contributed by atoms with Gasteiger partial charge in [-0.1, -0.05) is 62.7 Å². The lowest BCUT2D eigenvalue weighted by atomic mass is 9.75. The first kappa shape index (κ1) is 37.6. The van der Waals surface area contributed by atoms with Crippen LogP contribution in [0.3, 0.4) is 0 Å². The minimum absolute atomic E-state index is 0.00100. The second-order valence-electron chi connectivity index (χ2n) is 15.2. The van der Waals surface area contributed by atoms with Crippen LogP contribution in [-0.2, 0) is 15.1 Å². The van der Waals surface area contributed by atoms with Gasteiger partial charge in [0.25, 0.3) is 12.3 Å². The standard InChI is InChI=1S/C35H38ClF5N10O3/c1-32(2,3)17-34(21-7-4-19(5-8-21)24-15-44-51(48-24)22-9-10-22)29(52)49(30(42)46-34)26(16-54-31(53)47-33(12-13-33)35(39,40)41)20-6-11-23(36)25(14-20)50-28(27(37)38)43-18-45-50/h4-8,11,14-15,18,22,26-27,30,46H,9-10,12-13,16-17,42H2,1-3H3,(H,47,53)/t26-,30?,34-/m1/s1. The van der Waals surface area contributed by atoms with Crippen molar-refractivity contribution >= 4 is 23.6 Å². The van der Waals surface area contributed by atoms with Crippen molar-refractivity contribution in [3.63, 3.8) is 0 Å². The van der Waals surface area contributed by atoms with Crippen molar-refractivity contribution < 1.29 is 36.3 Å². The molecular formula is C35H38ClF5N10O3. The molecule has 2 saturated carbocycles. The Morgan fingerprint density at radius 1 is 1.11 bits per heavy atom. The number of rotatable bonds is 11. The van der Waals surface area contributed by atoms with Crippen LogP contribution in [0.4, 0.5) is 26.7 Å². The number of hydrogen-bond acceptors (Lipinski definition) is 9. The van der Waals surface area contributed by atoms with E-state index in [1.54, 1.807) is 23.1 Å². The predicted molar refractivity (Wildman–Crippen MR) is 184 cm³/mol. The SMILES string of the molecule is CC(C)(C)C[C@]1(c2ccc(-c3cnn(C4CC4)n3)cc2)NC(N)N([C@H](COC(=O)NC2(C(F)(F)F)CC2)c2ccc(Cl)c(-n3ncnc3C(F)F)c2)C1=O. The predicted octanol–water partition coefficient (Wildman–Crippen LogP) is 6.32. The maximum atomic E-state index is 15.0. The number of hydrogen-bond donors (Lipinski definition) is 3. The van der Waals surface area contributed by atoms with Crippen molar-refractivity contribution in [1.29, 1.82) is 0 Å². The molecule has 288 valence electrons. The van der Waals surface area contributed by atoms with Crippen LogP contribution in [-0.4, -0.2) is 71.3 Å². The number of aromatic nitrogens is 6. The van der Waals surface area contributed by atoms with E-state index in [4.69, 9.17) is 22.1 Å². The smallest absolute Gasteiger partial charge is 0.411 e. The second-order valence-corrected chi connectivity index (χ2v) is 15.6. The molecule has 0 radical (unpaired) electrons. The third-order valence-electron chi connectivity index (χ3n) is 9.84. The van der Waals surface area contributed by atoms with Gasteiger partial charge in [0, 0.05) is 5.56 Å². The van der Waals surface area contributed by atoms with Gasteiger partial charge < -0.3 is 15.0 Å². The van der Waals surface area contributed by atoms with Gasteiger partial charge in [-0.15, -0.1) is 0 Å². The van der Waals surface area contributed by atoms with E-state index in [0.29, 0.717) is 17.3 Å². The quantitative estimate of drug-likeness (QED) is 0.148. The molecule has 2 aliphatic carbocycles. The number of carbonyl (C=O) groups is 2. The first-order valence-electron chi connectivity index (χ1n) is 17.3. The fourth-order valence-corrected chi connectivity index (χ4v) is 7.12. The normalized spacial score (nSPS) is 21.8. The fourth-order valence-electron chi connectivity index (χ4n) is 6.92. The van der Waals surface area contributed by atoms with Crippen LogP contribution in [0.2, 0.25) is 5.02 Å². The van der Waals surface area contributed by atoms with Crippen molar-refractivity contribution in [2.75, 3.05) is 6.61 Å². The number of carbonyl (C=O) groups excluding carboxylic acids is 2. The lowest BCUT2D eigenvalue weighted by molar-refractivity contribution is -0.164. The average molecular weight is 777 g/mol. The zero-order valence-corrected chi connectivity index (χ0v) is 30.2. The number of ether oxygens (including phenoxy) is 1. The molecule has 7 rings (SSSR count). The zero-order valence-electron chi connectivity index (χ0n) is 29.4. The van der Waals surface area contributed by atoms with E-state index >= 15 is 4.79 Å². The fraction of sp³-hybridized carbons (Fsp3) is 0.486. The Balaban J connectivity index is 1.25. The highest BCUT2D eigenvalue weighted by atomic mass is 35.5. The highest BCUT2D eigenvalue weighted by Gasteiger charge is 2.65. The van der Waals surface area contributed by atoms with E-state index in [1.165, 1.54) is 23.1 Å². The number of nitrogens with one attached hydrogen (secondary N) is 2. The summed E-state index contributed by atoms with van der Waals surface area (Å²) < 4.78 is 75.0. The monoisotopic (exact) mass is 776 g/mol. The van der Waals surface area contributed by atoms with Crippen LogP contribution in [0.15, 0.2) is 55.0 Å². The highest BCUT2D eigenvalue weighted by Crippen LogP contribution is 2.49. The Morgan fingerprint density at radius 2 is 1.81 bits per heavy atom. The second kappa shape index (κ2) is 13.6. The number of benzene rings is 2. The van der Waals surface area contributed by atoms with Crippen LogP contribution in [0.1, 0.15) is 88.3 Å². The molecule has 4 aromatic rings. The molecule has 2 aromatic carbocycles. The van der Waals surface area contributed by atoms with E-state index in [2.05, 4.69) is 25.6 Å². The topological polar surface area (TPSA) is 158 Å². The van der Waals surface area contributed by atoms with E-state index in [-0.39, 0.29) is 35.5 Å². The van der Waals surface area contributed by atoms with Crippen LogP contribution < -0.4 is 16.4 Å². The maximum absolute atomic E-state index is 15.0. The Hall–Kier alpha value is -4.68. The molecule has 1 aliphatic heterocycles. The van der Waals surface area contributed by atoms with Gasteiger partial charge >= 0.3 is 12.3 Å². The van der Waals surface area contributed by atoms with Crippen molar-refractivity contribution in [3.8, 4) is 16.9 Å². The summed E-state index contributed by atoms with van der Waals surface area (Å²) in [7, 11) is 0. The molecule has 1 unspecified atom stereocenters. The molecule has 2 amide bonds. The minimum Gasteiger partial charge on any atom is -0.447 e. The van der Waals surface area contributed by atoms with Gasteiger partial charge in [0.1, 0.15) is 36.0 Å². The summed E-state index contributed by atoms with van der Waals surface area (Å²) in [6.07, 6.45) is -6.04. The van der Waals surface area contributed by atoms with Gasteiger partial charge in [0.2, 0.25) is 0 Å². The lowest BCUT2D eigenvalue weighted by Crippen LogP contribution is -2.50. The largest absolute Gasteiger partial charge is 0.447 e. The summed E-state index contributed by atoms with van der Waals surface area (Å²) >= 11 is 6.45. The first-order valence-corrected chi connectivity index (χ1v) is 17.7. The average Bonchev–Trinajstić information content (AvgIpc) is 3.97. The molecule has 54 heavy (non-hydrogen) atoms. The van der Waals surface area contributed by atoms with E-state index < -0.39 is 65.9 Å². The molecule has 0 spiro atoms. The van der Waals surface area contributed by atoms with Crippen LogP contribution in [0.5, 0.6) is 0 Å². The van der Waals surface area contributed by atoms with Gasteiger partial charge in [0.15, 0.2) is 5.82 Å². The minimum atomic E-state index is -4.70. The molecule has 1 saturated heterocycles. The molecule has 3 atom stereocenters. The van der Waals surface area contributed by atoms with E-state index in [1.807, 2.05) is 38.2 Å². The van der Waals surface area contributed by atoms with E-state index in [0.717, 1.165) is 29.4 Å². The number of alkyl halides is 5. The van der Waals surface area contributed by atoms with Crippen molar-refractivity contribution in [1.82, 2.24) is 45.3 Å². The number of nitrogens with zero attached hydrogens (tertiary/aromatic N) is 7. The highest BCUT2D eigenvalue weighted by molar-refractivity contribution is 6.32. The summed E-state index contributed by atoms with van der Waals surface area (Å²) in [5.74, 6) is -1.23. The maximum Gasteiger partial charge on any atom is 0.411 e. The molecule has 13 nitrogen and oxygen atoms in total. The van der Waals surface area contributed by atoms with Gasteiger partial charge in [-0.2, -0.15) is 33.3 Å². The zero-order chi connectivity index (χ0) is 38.8. The van der Waals surface area contributed by atoms with Crippen molar-refractivity contribution in [2.45, 2.75) is 94.9 Å². The van der Waals surface area contributed by atoms with Crippen LogP contribution >= 0.6 is 11.6 Å². The van der Waals surface area contributed by atoms with Gasteiger partial charge in [-0.05, 0) is 60.8 Å². The molecule has 3 aliphatic rings. The van der Waals surface area contributed by atoms with Gasteiger partial charge in [-0.25, -0.2) is 23.2 Å². The number of halogens is 6. The number of alkyl carbamates (subject to hydrolysis) is 1. The molecule has 4 N–H and O–H groups in total. The summed E-state index contributed by atoms with van der Waals surface area (Å²) in [6, 6.07) is 10.5. The Bertz CT molecular complexity index is 2040. The third-order valence-corrected chi connectivity index (χ3v) is 10.2. The van der Waals surface area contributed by atoms with Crippen LogP contribution in [0, 0.1) is 5.41 Å². The molecule has 3 heterocycles. The Morgan fingerprint density at radius 3 is 2.43 bits per heavy atom. The van der Waals surface area contributed by atoms with Crippen molar-refractivity contribution in [2.24, 2.45) is 11.1 Å². The Labute approximate surface area is 311 Å². The molecule has 2 aromatic heterocycles. The van der Waals surface area contributed by atoms with E-state index in [9.17, 15) is 26.7 Å². The van der Waals surface area contributed by atoms with Gasteiger partial charge in [-0.3, -0.25) is 15.8 Å². The molecular weight excluding hydrogens is 739 g/mol. The molecule has 19 heteroatoms. The first-order chi connectivity index (χ1) is 25.4. The number of amides is 2.